The number of hydrogen-bond donors (Lipinski definition) is 8. The third-order valence-corrected chi connectivity index (χ3v) is 4.53. The van der Waals surface area contributed by atoms with Gasteiger partial charge < -0.3 is 37.6 Å². The summed E-state index contributed by atoms with van der Waals surface area (Å²) in [5, 5.41) is 25.4. The van der Waals surface area contributed by atoms with E-state index in [1.807, 2.05) is 0 Å². The quantitative estimate of drug-likeness (QED) is 0.137. The molecule has 13 heteroatoms. The van der Waals surface area contributed by atoms with Crippen molar-refractivity contribution in [2.45, 2.75) is 50.9 Å². The van der Waals surface area contributed by atoms with E-state index in [1.165, 1.54) is 0 Å². The summed E-state index contributed by atoms with van der Waals surface area (Å²) in [5.41, 5.74) is 10.4. The molecule has 0 saturated heterocycles. The number of carbonyl (C=O) groups excluding carboxylic acids is 4. The van der Waals surface area contributed by atoms with Gasteiger partial charge in [0.15, 0.2) is 0 Å². The second-order valence-electron chi connectivity index (χ2n) is 6.47. The van der Waals surface area contributed by atoms with Gasteiger partial charge in [0.2, 0.25) is 23.6 Å². The van der Waals surface area contributed by atoms with Gasteiger partial charge in [-0.1, -0.05) is 20.3 Å². The first-order valence-corrected chi connectivity index (χ1v) is 9.51. The Morgan fingerprint density at radius 2 is 1.52 bits per heavy atom. The molecular weight excluding hydrogens is 406 g/mol. The van der Waals surface area contributed by atoms with E-state index in [4.69, 9.17) is 11.5 Å². The lowest BCUT2D eigenvalue weighted by Gasteiger charge is -2.25. The summed E-state index contributed by atoms with van der Waals surface area (Å²) >= 11 is 3.97. The van der Waals surface area contributed by atoms with Gasteiger partial charge in [-0.2, -0.15) is 12.6 Å². The van der Waals surface area contributed by atoms with Crippen LogP contribution in [0.25, 0.3) is 0 Å². The molecule has 0 aliphatic carbocycles. The number of carboxylic acids is 1. The highest BCUT2D eigenvalue weighted by Crippen LogP contribution is 2.08. The first-order valence-electron chi connectivity index (χ1n) is 8.87. The summed E-state index contributed by atoms with van der Waals surface area (Å²) < 4.78 is 0. The van der Waals surface area contributed by atoms with Crippen molar-refractivity contribution < 1.29 is 34.2 Å². The summed E-state index contributed by atoms with van der Waals surface area (Å²) in [5.74, 6) is -5.17. The Labute approximate surface area is 173 Å². The van der Waals surface area contributed by atoms with Crippen LogP contribution >= 0.6 is 12.6 Å². The Balaban J connectivity index is 5.04. The average Bonchev–Trinajstić information content (AvgIpc) is 2.66. The maximum Gasteiger partial charge on any atom is 0.326 e. The van der Waals surface area contributed by atoms with Crippen LogP contribution in [0.4, 0.5) is 0 Å². The molecule has 0 spiro atoms. The highest BCUT2D eigenvalue weighted by atomic mass is 32.1. The number of aliphatic carboxylic acids is 1. The zero-order chi connectivity index (χ0) is 22.7. The van der Waals surface area contributed by atoms with Gasteiger partial charge in [0, 0.05) is 5.75 Å². The number of aliphatic hydroxyl groups excluding tert-OH is 1. The van der Waals surface area contributed by atoms with E-state index in [0.717, 1.165) is 0 Å². The zero-order valence-corrected chi connectivity index (χ0v) is 17.1. The van der Waals surface area contributed by atoms with Crippen LogP contribution in [-0.2, 0) is 24.0 Å². The summed E-state index contributed by atoms with van der Waals surface area (Å²) in [6.07, 6.45) is 0.0405. The van der Waals surface area contributed by atoms with E-state index >= 15 is 0 Å². The maximum absolute atomic E-state index is 12.3. The minimum atomic E-state index is -1.46. The Bertz CT molecular complexity index is 618. The van der Waals surface area contributed by atoms with Crippen LogP contribution in [0.5, 0.6) is 0 Å². The fourth-order valence-electron chi connectivity index (χ4n) is 2.19. The molecule has 0 aromatic rings. The van der Waals surface area contributed by atoms with Crippen LogP contribution in [0.2, 0.25) is 0 Å². The third-order valence-electron chi connectivity index (χ3n) is 4.17. The number of nitrogens with one attached hydrogen (secondary N) is 3. The molecule has 9 N–H and O–H groups in total. The van der Waals surface area contributed by atoms with Crippen molar-refractivity contribution in [3.05, 3.63) is 0 Å². The van der Waals surface area contributed by atoms with Gasteiger partial charge in [-0.25, -0.2) is 4.79 Å². The first-order chi connectivity index (χ1) is 13.5. The topological polar surface area (TPSA) is 214 Å². The molecule has 166 valence electrons. The van der Waals surface area contributed by atoms with Gasteiger partial charge in [0.25, 0.3) is 0 Å². The fraction of sp³-hybridized carbons (Fsp3) is 0.688. The second-order valence-corrected chi connectivity index (χ2v) is 6.84. The average molecular weight is 436 g/mol. The van der Waals surface area contributed by atoms with Crippen LogP contribution in [-0.4, -0.2) is 76.3 Å². The van der Waals surface area contributed by atoms with Crippen molar-refractivity contribution >= 4 is 42.2 Å². The predicted molar refractivity (Wildman–Crippen MR) is 106 cm³/mol. The molecule has 0 radical (unpaired) electrons. The molecule has 12 nitrogen and oxygen atoms in total. The highest BCUT2D eigenvalue weighted by molar-refractivity contribution is 7.80. The lowest BCUT2D eigenvalue weighted by atomic mass is 9.99. The standard InChI is InChI=1S/C16H29N5O7S/c1-3-7(2)12(16(27)28)21-15(26)10(6-29)20-14(25)9(5-22)19-13(24)8(17)4-11(18)23/h7-10,12,22,29H,3-6,17H2,1-2H3,(H2,18,23)(H,19,24)(H,20,25)(H,21,26)(H,27,28). The van der Waals surface area contributed by atoms with E-state index < -0.39 is 66.8 Å². The number of carbonyl (C=O) groups is 5. The summed E-state index contributed by atoms with van der Waals surface area (Å²) in [6, 6.07) is -5.15. The molecule has 5 unspecified atom stereocenters. The molecule has 0 aliphatic rings. The van der Waals surface area contributed by atoms with Gasteiger partial charge in [-0.15, -0.1) is 0 Å². The lowest BCUT2D eigenvalue weighted by molar-refractivity contribution is -0.143. The smallest absolute Gasteiger partial charge is 0.326 e. The van der Waals surface area contributed by atoms with E-state index in [0.29, 0.717) is 6.42 Å². The number of hydrogen-bond acceptors (Lipinski definition) is 8. The molecule has 29 heavy (non-hydrogen) atoms. The minimum Gasteiger partial charge on any atom is -0.480 e. The van der Waals surface area contributed by atoms with Crippen LogP contribution in [0.3, 0.4) is 0 Å². The van der Waals surface area contributed by atoms with E-state index in [-0.39, 0.29) is 11.7 Å². The number of amides is 4. The number of nitrogens with two attached hydrogens (primary N) is 2. The molecule has 0 heterocycles. The molecule has 0 rings (SSSR count). The van der Waals surface area contributed by atoms with Crippen LogP contribution in [0.1, 0.15) is 26.7 Å². The zero-order valence-electron chi connectivity index (χ0n) is 16.3. The number of thiol groups is 1. The predicted octanol–water partition coefficient (Wildman–Crippen LogP) is -3.30. The van der Waals surface area contributed by atoms with Gasteiger partial charge in [-0.05, 0) is 5.92 Å². The number of primary amides is 1. The van der Waals surface area contributed by atoms with Crippen molar-refractivity contribution in [2.24, 2.45) is 17.4 Å². The molecule has 0 fully saturated rings. The van der Waals surface area contributed by atoms with Crippen LogP contribution in [0, 0.1) is 5.92 Å². The molecule has 0 bridgehead atoms. The van der Waals surface area contributed by atoms with Crippen molar-refractivity contribution in [1.29, 1.82) is 0 Å². The van der Waals surface area contributed by atoms with Crippen LogP contribution < -0.4 is 27.4 Å². The van der Waals surface area contributed by atoms with Crippen molar-refractivity contribution in [1.82, 2.24) is 16.0 Å². The van der Waals surface area contributed by atoms with Gasteiger partial charge in [-0.3, -0.25) is 19.2 Å². The Morgan fingerprint density at radius 1 is 1.00 bits per heavy atom. The minimum absolute atomic E-state index is 0.169. The Hall–Kier alpha value is -2.38. The monoisotopic (exact) mass is 435 g/mol. The number of carboxylic acid groups (broad SMARTS) is 1. The molecule has 4 amide bonds. The first kappa shape index (κ1) is 26.6. The van der Waals surface area contributed by atoms with Gasteiger partial charge in [0.05, 0.1) is 19.1 Å². The number of rotatable bonds is 13. The van der Waals surface area contributed by atoms with Crippen molar-refractivity contribution in [2.75, 3.05) is 12.4 Å². The van der Waals surface area contributed by atoms with Crippen molar-refractivity contribution in [3.8, 4) is 0 Å². The molecule has 0 aromatic carbocycles. The SMILES string of the molecule is CCC(C)C(NC(=O)C(CS)NC(=O)C(CO)NC(=O)C(N)CC(N)=O)C(=O)O. The number of aliphatic hydroxyl groups is 1. The highest BCUT2D eigenvalue weighted by Gasteiger charge is 2.31. The van der Waals surface area contributed by atoms with E-state index in [1.54, 1.807) is 13.8 Å². The van der Waals surface area contributed by atoms with Gasteiger partial charge >= 0.3 is 5.97 Å². The molecule has 5 atom stereocenters. The van der Waals surface area contributed by atoms with Crippen LogP contribution in [0.15, 0.2) is 0 Å². The summed E-state index contributed by atoms with van der Waals surface area (Å²) in [6.45, 7) is 2.61. The maximum atomic E-state index is 12.3. The molecular formula is C16H29N5O7S. The normalized spacial score (nSPS) is 15.9. The summed E-state index contributed by atoms with van der Waals surface area (Å²) in [7, 11) is 0. The van der Waals surface area contributed by atoms with E-state index in [2.05, 4.69) is 28.6 Å². The molecule has 0 aliphatic heterocycles. The summed E-state index contributed by atoms with van der Waals surface area (Å²) in [4.78, 5) is 58.7. The second kappa shape index (κ2) is 13.0. The molecule has 0 aromatic heterocycles. The van der Waals surface area contributed by atoms with Crippen molar-refractivity contribution in [3.63, 3.8) is 0 Å². The Morgan fingerprint density at radius 3 is 1.93 bits per heavy atom. The fourth-order valence-corrected chi connectivity index (χ4v) is 2.44. The molecule has 0 saturated carbocycles. The third kappa shape index (κ3) is 9.11. The Kier molecular flexibility index (Phi) is 11.9. The lowest BCUT2D eigenvalue weighted by Crippen LogP contribution is -2.59. The largest absolute Gasteiger partial charge is 0.480 e. The van der Waals surface area contributed by atoms with Gasteiger partial charge in [0.1, 0.15) is 18.1 Å². The van der Waals surface area contributed by atoms with E-state index in [9.17, 15) is 34.2 Å².